The van der Waals surface area contributed by atoms with Gasteiger partial charge < -0.3 is 15.4 Å². The summed E-state index contributed by atoms with van der Waals surface area (Å²) in [6.07, 6.45) is 1.47. The van der Waals surface area contributed by atoms with Crippen LogP contribution < -0.4 is 21.9 Å². The molecule has 1 aliphatic rings. The van der Waals surface area contributed by atoms with Gasteiger partial charge >= 0.3 is 11.7 Å². The lowest BCUT2D eigenvalue weighted by molar-refractivity contribution is 0.0376. The summed E-state index contributed by atoms with van der Waals surface area (Å²) in [5, 5.41) is 0.343. The van der Waals surface area contributed by atoms with Gasteiger partial charge in [0.1, 0.15) is 0 Å². The summed E-state index contributed by atoms with van der Waals surface area (Å²) >= 11 is 6.14. The minimum Gasteiger partial charge on any atom is -0.459 e. The van der Waals surface area contributed by atoms with Gasteiger partial charge in [0.2, 0.25) is 5.95 Å². The fourth-order valence-corrected chi connectivity index (χ4v) is 4.74. The number of ether oxygens (including phenoxy) is 1. The predicted molar refractivity (Wildman–Crippen MR) is 143 cm³/mol. The van der Waals surface area contributed by atoms with Crippen LogP contribution in [-0.2, 0) is 24.9 Å². The average molecular weight is 527 g/mol. The molecule has 3 heterocycles. The van der Waals surface area contributed by atoms with E-state index in [1.807, 2.05) is 4.90 Å². The van der Waals surface area contributed by atoms with Crippen molar-refractivity contribution in [1.82, 2.24) is 18.7 Å². The minimum atomic E-state index is -0.578. The number of hydrogen-bond donors (Lipinski definition) is 1. The van der Waals surface area contributed by atoms with Crippen LogP contribution in [0, 0.1) is 11.8 Å². The smallest absolute Gasteiger partial charge is 0.338 e. The van der Waals surface area contributed by atoms with Crippen molar-refractivity contribution in [3.8, 4) is 11.8 Å². The molecule has 0 saturated carbocycles. The van der Waals surface area contributed by atoms with Crippen molar-refractivity contribution in [2.45, 2.75) is 58.8 Å². The van der Waals surface area contributed by atoms with Gasteiger partial charge in [-0.25, -0.2) is 9.59 Å². The molecule has 0 radical (unpaired) electrons. The molecule has 11 heteroatoms. The van der Waals surface area contributed by atoms with E-state index in [1.165, 1.54) is 10.6 Å². The molecule has 2 aromatic heterocycles. The van der Waals surface area contributed by atoms with E-state index in [0.29, 0.717) is 23.1 Å². The van der Waals surface area contributed by atoms with Crippen molar-refractivity contribution < 1.29 is 9.53 Å². The number of aryl methyl sites for hydroxylation is 1. The number of carbonyl (C=O) groups is 1. The van der Waals surface area contributed by atoms with Gasteiger partial charge in [-0.15, -0.1) is 5.92 Å². The molecule has 4 rings (SSSR count). The number of aromatic nitrogens is 4. The van der Waals surface area contributed by atoms with Crippen LogP contribution in [0.4, 0.5) is 5.95 Å². The molecule has 10 nitrogen and oxygen atoms in total. The zero-order chi connectivity index (χ0) is 26.9. The van der Waals surface area contributed by atoms with Crippen LogP contribution in [0.3, 0.4) is 0 Å². The summed E-state index contributed by atoms with van der Waals surface area (Å²) in [4.78, 5) is 46.7. The van der Waals surface area contributed by atoms with Crippen LogP contribution >= 0.6 is 11.6 Å². The van der Waals surface area contributed by atoms with Gasteiger partial charge in [-0.2, -0.15) is 4.98 Å². The normalized spacial score (nSPS) is 15.6. The first-order valence-corrected chi connectivity index (χ1v) is 12.6. The number of anilines is 1. The van der Waals surface area contributed by atoms with Crippen molar-refractivity contribution in [2.75, 3.05) is 18.0 Å². The van der Waals surface area contributed by atoms with Gasteiger partial charge in [0, 0.05) is 31.2 Å². The molecule has 0 amide bonds. The van der Waals surface area contributed by atoms with Gasteiger partial charge in [0.05, 0.1) is 24.8 Å². The van der Waals surface area contributed by atoms with Gasteiger partial charge in [0.25, 0.3) is 5.56 Å². The molecule has 1 saturated heterocycles. The first-order chi connectivity index (χ1) is 17.6. The lowest BCUT2D eigenvalue weighted by Crippen LogP contribution is -2.44. The molecule has 0 unspecified atom stereocenters. The number of imidazole rings is 1. The van der Waals surface area contributed by atoms with E-state index >= 15 is 0 Å². The Hall–Kier alpha value is -3.55. The number of benzene rings is 1. The Balaban J connectivity index is 1.89. The Morgan fingerprint density at radius 1 is 1.30 bits per heavy atom. The number of hydrogen-bond acceptors (Lipinski definition) is 7. The maximum absolute atomic E-state index is 13.8. The Morgan fingerprint density at radius 3 is 2.73 bits per heavy atom. The van der Waals surface area contributed by atoms with Gasteiger partial charge in [-0.3, -0.25) is 18.5 Å². The van der Waals surface area contributed by atoms with E-state index in [4.69, 9.17) is 27.1 Å². The number of nitrogens with zero attached hydrogens (tertiary/aromatic N) is 5. The molecule has 1 aliphatic heterocycles. The molecule has 1 fully saturated rings. The van der Waals surface area contributed by atoms with Gasteiger partial charge in [-0.05, 0) is 51.3 Å². The maximum Gasteiger partial charge on any atom is 0.338 e. The van der Waals surface area contributed by atoms with E-state index in [1.54, 1.807) is 44.5 Å². The fourth-order valence-electron chi connectivity index (χ4n) is 4.56. The first kappa shape index (κ1) is 26.5. The van der Waals surface area contributed by atoms with Crippen molar-refractivity contribution in [3.63, 3.8) is 0 Å². The Kier molecular flexibility index (Phi) is 7.76. The highest BCUT2D eigenvalue weighted by Gasteiger charge is 2.26. The molecule has 3 aromatic rings. The van der Waals surface area contributed by atoms with Crippen LogP contribution in [0.1, 0.15) is 49.5 Å². The van der Waals surface area contributed by atoms with Gasteiger partial charge in [0.15, 0.2) is 11.2 Å². The van der Waals surface area contributed by atoms with E-state index < -0.39 is 17.2 Å². The summed E-state index contributed by atoms with van der Waals surface area (Å²) in [6.45, 7) is 6.63. The summed E-state index contributed by atoms with van der Waals surface area (Å²) in [7, 11) is 1.57. The first-order valence-electron chi connectivity index (χ1n) is 12.2. The summed E-state index contributed by atoms with van der Waals surface area (Å²) in [5.41, 5.74) is 6.31. The molecule has 196 valence electrons. The third kappa shape index (κ3) is 5.29. The topological polar surface area (TPSA) is 117 Å². The molecule has 2 N–H and O–H groups in total. The lowest BCUT2D eigenvalue weighted by Gasteiger charge is -2.31. The second kappa shape index (κ2) is 10.8. The van der Waals surface area contributed by atoms with Crippen LogP contribution in [0.15, 0.2) is 27.8 Å². The summed E-state index contributed by atoms with van der Waals surface area (Å²) < 4.78 is 9.55. The standard InChI is InChI=1S/C26H31ClN6O4/c1-5-6-12-32-21-22(29-25(32)31-11-7-8-19(28)15-31)30(4)26(36)33(23(21)34)14-17-9-10-18(27)13-20(17)24(35)37-16(2)3/h9-10,13,16,19H,7-8,11-12,14-15,28H2,1-4H3/t19-/m1/s1. The Morgan fingerprint density at radius 2 is 2.05 bits per heavy atom. The molecule has 37 heavy (non-hydrogen) atoms. The van der Waals surface area contributed by atoms with Crippen LogP contribution in [0.5, 0.6) is 0 Å². The van der Waals surface area contributed by atoms with E-state index in [9.17, 15) is 14.4 Å². The monoisotopic (exact) mass is 526 g/mol. The quantitative estimate of drug-likeness (QED) is 0.386. The molecular formula is C26H31ClN6O4. The average Bonchev–Trinajstić information content (AvgIpc) is 3.24. The number of rotatable bonds is 6. The number of fused-ring (bicyclic) bond motifs is 1. The van der Waals surface area contributed by atoms with Crippen LogP contribution in [0.2, 0.25) is 5.02 Å². The number of halogens is 1. The molecule has 1 atom stereocenters. The van der Waals surface area contributed by atoms with Crippen LogP contribution in [0.25, 0.3) is 11.2 Å². The summed E-state index contributed by atoms with van der Waals surface area (Å²) in [6, 6.07) is 4.70. The number of esters is 1. The second-order valence-electron chi connectivity index (χ2n) is 9.43. The predicted octanol–water partition coefficient (Wildman–Crippen LogP) is 2.11. The Labute approximate surface area is 219 Å². The van der Waals surface area contributed by atoms with E-state index in [2.05, 4.69) is 11.8 Å². The highest BCUT2D eigenvalue weighted by atomic mass is 35.5. The maximum atomic E-state index is 13.8. The molecule has 0 aliphatic carbocycles. The highest BCUT2D eigenvalue weighted by molar-refractivity contribution is 6.31. The minimum absolute atomic E-state index is 0.00586. The molecule has 1 aromatic carbocycles. The van der Waals surface area contributed by atoms with Crippen molar-refractivity contribution >= 4 is 34.7 Å². The number of piperidine rings is 1. The van der Waals surface area contributed by atoms with Gasteiger partial charge in [-0.1, -0.05) is 23.6 Å². The summed E-state index contributed by atoms with van der Waals surface area (Å²) in [5.74, 6) is 5.87. The SMILES string of the molecule is CC#CCn1c(N2CCC[C@@H](N)C2)nc2c1c(=O)n(Cc1ccc(Cl)cc1C(=O)OC(C)C)c(=O)n2C. The number of carbonyl (C=O) groups excluding carboxylic acids is 1. The molecule has 0 bridgehead atoms. The van der Waals surface area contributed by atoms with Crippen LogP contribution in [-0.4, -0.2) is 49.9 Å². The molecule has 0 spiro atoms. The highest BCUT2D eigenvalue weighted by Crippen LogP contribution is 2.23. The van der Waals surface area contributed by atoms with Crippen molar-refractivity contribution in [2.24, 2.45) is 12.8 Å². The Bertz CT molecular complexity index is 1520. The third-order valence-corrected chi connectivity index (χ3v) is 6.57. The van der Waals surface area contributed by atoms with E-state index in [-0.39, 0.29) is 42.0 Å². The lowest BCUT2D eigenvalue weighted by atomic mass is 10.1. The fraction of sp³-hybridized carbons (Fsp3) is 0.462. The second-order valence-corrected chi connectivity index (χ2v) is 9.87. The molecular weight excluding hydrogens is 496 g/mol. The number of nitrogens with two attached hydrogens (primary N) is 1. The van der Waals surface area contributed by atoms with Crippen molar-refractivity contribution in [1.29, 1.82) is 0 Å². The largest absolute Gasteiger partial charge is 0.459 e. The zero-order valence-corrected chi connectivity index (χ0v) is 22.2. The van der Waals surface area contributed by atoms with Crippen molar-refractivity contribution in [3.05, 3.63) is 55.2 Å². The van der Waals surface area contributed by atoms with E-state index in [0.717, 1.165) is 24.0 Å². The zero-order valence-electron chi connectivity index (χ0n) is 21.5. The third-order valence-electron chi connectivity index (χ3n) is 6.33.